The number of aromatic amines is 1. The van der Waals surface area contributed by atoms with Crippen molar-refractivity contribution in [1.82, 2.24) is 14.8 Å². The van der Waals surface area contributed by atoms with E-state index in [1.807, 2.05) is 42.6 Å². The molecule has 0 aliphatic heterocycles. The Kier molecular flexibility index (Phi) is 5.95. The number of nitrogens with one attached hydrogen (secondary N) is 2. The van der Waals surface area contributed by atoms with Crippen molar-refractivity contribution in [3.63, 3.8) is 0 Å². The lowest BCUT2D eigenvalue weighted by atomic mass is 10.1. The van der Waals surface area contributed by atoms with Crippen molar-refractivity contribution in [2.75, 3.05) is 5.32 Å². The molecule has 2 aromatic carbocycles. The van der Waals surface area contributed by atoms with Gasteiger partial charge in [0.2, 0.25) is 5.91 Å². The fourth-order valence-corrected chi connectivity index (χ4v) is 3.44. The highest BCUT2D eigenvalue weighted by atomic mass is 79.9. The monoisotopic (exact) mass is 452 g/mol. The summed E-state index contributed by atoms with van der Waals surface area (Å²) >= 11 is 3.39. The van der Waals surface area contributed by atoms with E-state index in [9.17, 15) is 4.79 Å². The van der Waals surface area contributed by atoms with E-state index >= 15 is 0 Å². The number of aryl methyl sites for hydroxylation is 1. The van der Waals surface area contributed by atoms with Gasteiger partial charge in [-0.2, -0.15) is 5.10 Å². The number of aromatic nitrogens is 3. The first kappa shape index (κ1) is 19.3. The maximum absolute atomic E-state index is 12.2. The third-order valence-electron chi connectivity index (χ3n) is 4.62. The zero-order valence-electron chi connectivity index (χ0n) is 15.8. The van der Waals surface area contributed by atoms with Gasteiger partial charge < -0.3 is 15.0 Å². The Balaban J connectivity index is 1.23. The van der Waals surface area contributed by atoms with Crippen LogP contribution in [0.1, 0.15) is 18.4 Å². The second kappa shape index (κ2) is 8.96. The number of carbonyl (C=O) groups is 1. The number of nitrogens with zero attached hydrogens (tertiary/aromatic N) is 2. The first-order chi connectivity index (χ1) is 14.2. The number of hydrogen-bond acceptors (Lipinski definition) is 3. The van der Waals surface area contributed by atoms with Crippen LogP contribution in [0.25, 0.3) is 10.9 Å². The van der Waals surface area contributed by atoms with Crippen LogP contribution < -0.4 is 10.1 Å². The minimum atomic E-state index is -0.0155. The number of ether oxygens (including phenoxy) is 1. The average molecular weight is 453 g/mol. The van der Waals surface area contributed by atoms with Crippen LogP contribution in [0.5, 0.6) is 5.75 Å². The number of halogens is 1. The van der Waals surface area contributed by atoms with Crippen LogP contribution in [0.4, 0.5) is 5.69 Å². The number of benzene rings is 2. The van der Waals surface area contributed by atoms with Gasteiger partial charge >= 0.3 is 0 Å². The molecule has 4 aromatic rings. The summed E-state index contributed by atoms with van der Waals surface area (Å²) in [6, 6.07) is 15.8. The average Bonchev–Trinajstić information content (AvgIpc) is 3.35. The lowest BCUT2D eigenvalue weighted by Gasteiger charge is -2.06. The van der Waals surface area contributed by atoms with Gasteiger partial charge in [0.25, 0.3) is 0 Å². The third-order valence-corrected chi connectivity index (χ3v) is 5.15. The van der Waals surface area contributed by atoms with Crippen molar-refractivity contribution in [3.05, 3.63) is 77.2 Å². The lowest BCUT2D eigenvalue weighted by molar-refractivity contribution is -0.116. The van der Waals surface area contributed by atoms with Crippen molar-refractivity contribution >= 4 is 38.4 Å². The molecule has 1 amide bonds. The molecule has 2 aromatic heterocycles. The van der Waals surface area contributed by atoms with Gasteiger partial charge in [0, 0.05) is 28.0 Å². The summed E-state index contributed by atoms with van der Waals surface area (Å²) in [5.41, 5.74) is 3.04. The van der Waals surface area contributed by atoms with Crippen LogP contribution in [0.3, 0.4) is 0 Å². The van der Waals surface area contributed by atoms with Gasteiger partial charge in [-0.25, -0.2) is 4.68 Å². The number of H-pyrrole nitrogens is 1. The van der Waals surface area contributed by atoms with E-state index in [0.29, 0.717) is 12.1 Å². The SMILES string of the molecule is O=C(CCCc1c[nH]c2ccccc12)Nc1cnn(COc2ccc(Br)cc2)c1. The summed E-state index contributed by atoms with van der Waals surface area (Å²) in [6.45, 7) is 0.276. The maximum Gasteiger partial charge on any atom is 0.224 e. The highest BCUT2D eigenvalue weighted by molar-refractivity contribution is 9.10. The van der Waals surface area contributed by atoms with Gasteiger partial charge in [0.05, 0.1) is 18.1 Å². The molecule has 2 heterocycles. The van der Waals surface area contributed by atoms with Crippen LogP contribution in [-0.2, 0) is 17.9 Å². The van der Waals surface area contributed by atoms with Gasteiger partial charge in [-0.3, -0.25) is 4.79 Å². The van der Waals surface area contributed by atoms with Crippen molar-refractivity contribution in [2.24, 2.45) is 0 Å². The Bertz CT molecular complexity index is 1100. The highest BCUT2D eigenvalue weighted by Crippen LogP contribution is 2.20. The Morgan fingerprint density at radius 2 is 2.00 bits per heavy atom. The van der Waals surface area contributed by atoms with E-state index in [2.05, 4.69) is 43.5 Å². The number of rotatable bonds is 8. The molecule has 29 heavy (non-hydrogen) atoms. The molecule has 0 saturated heterocycles. The molecule has 4 rings (SSSR count). The molecule has 0 aliphatic carbocycles. The first-order valence-corrected chi connectivity index (χ1v) is 10.2. The van der Waals surface area contributed by atoms with Crippen LogP contribution in [0.2, 0.25) is 0 Å². The standard InChI is InChI=1S/C22H21BrN4O2/c23-17-8-10-19(11-9-17)29-15-27-14-18(13-25-27)26-22(28)7-3-4-16-12-24-21-6-2-1-5-20(16)21/h1-2,5-6,8-14,24H,3-4,7,15H2,(H,26,28). The Morgan fingerprint density at radius 3 is 2.86 bits per heavy atom. The number of anilines is 1. The van der Waals surface area contributed by atoms with Crippen LogP contribution in [-0.4, -0.2) is 20.7 Å². The molecule has 0 bridgehead atoms. The summed E-state index contributed by atoms with van der Waals surface area (Å²) in [6.07, 6.45) is 7.52. The van der Waals surface area contributed by atoms with Gasteiger partial charge in [0.1, 0.15) is 5.75 Å². The molecule has 0 fully saturated rings. The second-order valence-corrected chi connectivity index (χ2v) is 7.67. The number of hydrogen-bond donors (Lipinski definition) is 2. The van der Waals surface area contributed by atoms with Crippen LogP contribution in [0, 0.1) is 0 Å². The normalized spacial score (nSPS) is 10.9. The molecule has 0 saturated carbocycles. The molecule has 0 unspecified atom stereocenters. The number of carbonyl (C=O) groups excluding carboxylic acids is 1. The fourth-order valence-electron chi connectivity index (χ4n) is 3.17. The summed E-state index contributed by atoms with van der Waals surface area (Å²) in [5.74, 6) is 0.741. The van der Waals surface area contributed by atoms with Crippen molar-refractivity contribution in [3.8, 4) is 5.75 Å². The van der Waals surface area contributed by atoms with Gasteiger partial charge in [-0.1, -0.05) is 34.1 Å². The quantitative estimate of drug-likeness (QED) is 0.389. The largest absolute Gasteiger partial charge is 0.471 e. The minimum Gasteiger partial charge on any atom is -0.471 e. The molecule has 0 aliphatic rings. The van der Waals surface area contributed by atoms with Crippen molar-refractivity contribution in [2.45, 2.75) is 26.0 Å². The van der Waals surface area contributed by atoms with Crippen LogP contribution >= 0.6 is 15.9 Å². The Labute approximate surface area is 177 Å². The summed E-state index contributed by atoms with van der Waals surface area (Å²) < 4.78 is 8.31. The van der Waals surface area contributed by atoms with Crippen molar-refractivity contribution in [1.29, 1.82) is 0 Å². The molecule has 0 radical (unpaired) electrons. The maximum atomic E-state index is 12.2. The summed E-state index contributed by atoms with van der Waals surface area (Å²) in [4.78, 5) is 15.5. The Morgan fingerprint density at radius 1 is 1.17 bits per heavy atom. The molecule has 0 spiro atoms. The molecule has 6 nitrogen and oxygen atoms in total. The van der Waals surface area contributed by atoms with E-state index in [1.54, 1.807) is 17.1 Å². The van der Waals surface area contributed by atoms with Gasteiger partial charge in [-0.15, -0.1) is 0 Å². The van der Waals surface area contributed by atoms with Gasteiger partial charge in [-0.05, 0) is 48.7 Å². The predicted octanol–water partition coefficient (Wildman–Crippen LogP) is 5.12. The van der Waals surface area contributed by atoms with Gasteiger partial charge in [0.15, 0.2) is 6.73 Å². The van der Waals surface area contributed by atoms with E-state index in [0.717, 1.165) is 28.6 Å². The molecule has 148 valence electrons. The topological polar surface area (TPSA) is 71.9 Å². The number of fused-ring (bicyclic) bond motifs is 1. The molecule has 2 N–H and O–H groups in total. The highest BCUT2D eigenvalue weighted by Gasteiger charge is 2.07. The molecule has 0 atom stereocenters. The zero-order chi connectivity index (χ0) is 20.1. The molecular weight excluding hydrogens is 432 g/mol. The molecular formula is C22H21BrN4O2. The van der Waals surface area contributed by atoms with E-state index in [4.69, 9.17) is 4.74 Å². The van der Waals surface area contributed by atoms with Crippen molar-refractivity contribution < 1.29 is 9.53 Å². The minimum absolute atomic E-state index is 0.0155. The Hall–Kier alpha value is -3.06. The second-order valence-electron chi connectivity index (χ2n) is 6.76. The molecule has 7 heteroatoms. The number of para-hydroxylation sites is 1. The summed E-state index contributed by atoms with van der Waals surface area (Å²) in [5, 5.41) is 8.34. The number of amides is 1. The third kappa shape index (κ3) is 5.06. The lowest BCUT2D eigenvalue weighted by Crippen LogP contribution is -2.11. The summed E-state index contributed by atoms with van der Waals surface area (Å²) in [7, 11) is 0. The predicted molar refractivity (Wildman–Crippen MR) is 117 cm³/mol. The fraction of sp³-hybridized carbons (Fsp3) is 0.182. The van der Waals surface area contributed by atoms with E-state index in [1.165, 1.54) is 10.9 Å². The zero-order valence-corrected chi connectivity index (χ0v) is 17.4. The van der Waals surface area contributed by atoms with E-state index in [-0.39, 0.29) is 12.6 Å². The van der Waals surface area contributed by atoms with Crippen LogP contribution in [0.15, 0.2) is 71.6 Å². The van der Waals surface area contributed by atoms with E-state index < -0.39 is 0 Å². The smallest absolute Gasteiger partial charge is 0.224 e. The first-order valence-electron chi connectivity index (χ1n) is 9.43.